The van der Waals surface area contributed by atoms with E-state index in [1.165, 1.54) is 17.7 Å². The summed E-state index contributed by atoms with van der Waals surface area (Å²) in [5, 5.41) is 9.09. The Morgan fingerprint density at radius 1 is 1.33 bits per heavy atom. The number of hydrogen-bond acceptors (Lipinski definition) is 3. The molecule has 2 aliphatic carbocycles. The first-order chi connectivity index (χ1) is 11.4. The van der Waals surface area contributed by atoms with E-state index in [4.69, 9.17) is 10.00 Å². The molecule has 0 N–H and O–H groups in total. The molecule has 0 aromatic carbocycles. The summed E-state index contributed by atoms with van der Waals surface area (Å²) in [6.07, 6.45) is 5.50. The standard InChI is InChI=1S/C19H29FN2O2/c1-3-24-17-6-13-9-19(2,10-14(13)7-17)5-4-18(23)22-12-15(20)8-16(22)11-21/h13-17H,3-10,12H2,1-2H3/t13-,14+,15-,16-,17?,19?/m0/s1. The minimum absolute atomic E-state index is 0.0489. The first-order valence-electron chi connectivity index (χ1n) is 9.39. The highest BCUT2D eigenvalue weighted by Crippen LogP contribution is 2.55. The number of rotatable bonds is 5. The molecule has 1 saturated heterocycles. The van der Waals surface area contributed by atoms with Crippen LogP contribution in [0, 0.1) is 28.6 Å². The number of halogens is 1. The molecule has 0 aromatic rings. The van der Waals surface area contributed by atoms with Crippen LogP contribution in [-0.2, 0) is 9.53 Å². The summed E-state index contributed by atoms with van der Waals surface area (Å²) in [6.45, 7) is 5.23. The van der Waals surface area contributed by atoms with Gasteiger partial charge in [-0.05, 0) is 56.3 Å². The van der Waals surface area contributed by atoms with Gasteiger partial charge in [0.25, 0.3) is 0 Å². The van der Waals surface area contributed by atoms with Crippen LogP contribution >= 0.6 is 0 Å². The lowest BCUT2D eigenvalue weighted by Crippen LogP contribution is -2.35. The summed E-state index contributed by atoms with van der Waals surface area (Å²) >= 11 is 0. The summed E-state index contributed by atoms with van der Waals surface area (Å²) in [6, 6.07) is 1.49. The lowest BCUT2D eigenvalue weighted by molar-refractivity contribution is -0.132. The lowest BCUT2D eigenvalue weighted by Gasteiger charge is -2.27. The van der Waals surface area contributed by atoms with E-state index in [9.17, 15) is 9.18 Å². The van der Waals surface area contributed by atoms with Crippen molar-refractivity contribution < 1.29 is 13.9 Å². The van der Waals surface area contributed by atoms with Crippen LogP contribution in [0.15, 0.2) is 0 Å². The maximum Gasteiger partial charge on any atom is 0.223 e. The third kappa shape index (κ3) is 3.59. The van der Waals surface area contributed by atoms with Gasteiger partial charge in [0, 0.05) is 19.4 Å². The van der Waals surface area contributed by atoms with Gasteiger partial charge in [0.2, 0.25) is 5.91 Å². The van der Waals surface area contributed by atoms with Gasteiger partial charge >= 0.3 is 0 Å². The number of likely N-dealkylation sites (tertiary alicyclic amines) is 1. The molecule has 5 heteroatoms. The number of amides is 1. The highest BCUT2D eigenvalue weighted by Gasteiger charge is 2.47. The van der Waals surface area contributed by atoms with Crippen molar-refractivity contribution in [1.82, 2.24) is 4.90 Å². The van der Waals surface area contributed by atoms with Crippen LogP contribution in [-0.4, -0.2) is 42.3 Å². The van der Waals surface area contributed by atoms with Crippen LogP contribution in [0.1, 0.15) is 58.8 Å². The molecule has 134 valence electrons. The van der Waals surface area contributed by atoms with E-state index < -0.39 is 12.2 Å². The highest BCUT2D eigenvalue weighted by atomic mass is 19.1. The average Bonchev–Trinajstić information content (AvgIpc) is 3.16. The van der Waals surface area contributed by atoms with Crippen molar-refractivity contribution in [1.29, 1.82) is 5.26 Å². The Labute approximate surface area is 144 Å². The molecule has 2 unspecified atom stereocenters. The van der Waals surface area contributed by atoms with Gasteiger partial charge in [-0.25, -0.2) is 4.39 Å². The smallest absolute Gasteiger partial charge is 0.223 e. The zero-order valence-electron chi connectivity index (χ0n) is 14.8. The number of alkyl halides is 1. The largest absolute Gasteiger partial charge is 0.378 e. The van der Waals surface area contributed by atoms with Crippen molar-refractivity contribution in [3.63, 3.8) is 0 Å². The summed E-state index contributed by atoms with van der Waals surface area (Å²) in [4.78, 5) is 13.9. The predicted octanol–water partition coefficient (Wildman–Crippen LogP) is 3.46. The topological polar surface area (TPSA) is 53.3 Å². The molecule has 1 amide bonds. The van der Waals surface area contributed by atoms with Gasteiger partial charge in [-0.15, -0.1) is 0 Å². The molecule has 0 bridgehead atoms. The first kappa shape index (κ1) is 17.7. The number of hydrogen-bond donors (Lipinski definition) is 0. The van der Waals surface area contributed by atoms with Crippen LogP contribution in [0.3, 0.4) is 0 Å². The molecular formula is C19H29FN2O2. The summed E-state index contributed by atoms with van der Waals surface area (Å²) in [5.41, 5.74) is 0.207. The van der Waals surface area contributed by atoms with Crippen molar-refractivity contribution in [2.24, 2.45) is 17.3 Å². The van der Waals surface area contributed by atoms with Gasteiger partial charge < -0.3 is 9.64 Å². The van der Waals surface area contributed by atoms with E-state index in [2.05, 4.69) is 19.9 Å². The maximum atomic E-state index is 13.5. The molecule has 6 atom stereocenters. The van der Waals surface area contributed by atoms with E-state index in [-0.39, 0.29) is 24.3 Å². The molecule has 1 heterocycles. The molecule has 3 aliphatic rings. The third-order valence-electron chi connectivity index (χ3n) is 6.37. The van der Waals surface area contributed by atoms with Crippen molar-refractivity contribution in [2.75, 3.05) is 13.2 Å². The first-order valence-corrected chi connectivity index (χ1v) is 9.39. The van der Waals surface area contributed by atoms with Gasteiger partial charge in [-0.3, -0.25) is 4.79 Å². The number of carbonyl (C=O) groups excluding carboxylic acids is 1. The van der Waals surface area contributed by atoms with E-state index >= 15 is 0 Å². The fraction of sp³-hybridized carbons (Fsp3) is 0.895. The van der Waals surface area contributed by atoms with E-state index in [1.807, 2.05) is 0 Å². The molecule has 24 heavy (non-hydrogen) atoms. The minimum Gasteiger partial charge on any atom is -0.378 e. The van der Waals surface area contributed by atoms with Gasteiger partial charge in [0.1, 0.15) is 12.2 Å². The number of carbonyl (C=O) groups is 1. The fourth-order valence-electron chi connectivity index (χ4n) is 5.32. The Morgan fingerprint density at radius 2 is 2.00 bits per heavy atom. The zero-order chi connectivity index (χ0) is 17.3. The highest BCUT2D eigenvalue weighted by molar-refractivity contribution is 5.77. The van der Waals surface area contributed by atoms with Gasteiger partial charge in [-0.1, -0.05) is 6.92 Å². The number of fused-ring (bicyclic) bond motifs is 1. The van der Waals surface area contributed by atoms with E-state index in [0.717, 1.165) is 37.7 Å². The fourth-order valence-corrected chi connectivity index (χ4v) is 5.32. The number of nitrogens with zero attached hydrogens (tertiary/aromatic N) is 2. The third-order valence-corrected chi connectivity index (χ3v) is 6.37. The molecule has 2 saturated carbocycles. The van der Waals surface area contributed by atoms with Crippen molar-refractivity contribution in [3.05, 3.63) is 0 Å². The summed E-state index contributed by atoms with van der Waals surface area (Å²) in [7, 11) is 0. The Bertz CT molecular complexity index is 504. The van der Waals surface area contributed by atoms with Crippen molar-refractivity contribution in [3.8, 4) is 6.07 Å². The Hall–Kier alpha value is -1.15. The normalized spacial score (nSPS) is 41.4. The van der Waals surface area contributed by atoms with Crippen LogP contribution in [0.5, 0.6) is 0 Å². The number of nitriles is 1. The molecule has 0 radical (unpaired) electrons. The second-order valence-electron chi connectivity index (χ2n) is 8.31. The van der Waals surface area contributed by atoms with Crippen LogP contribution in [0.2, 0.25) is 0 Å². The summed E-state index contributed by atoms with van der Waals surface area (Å²) < 4.78 is 19.3. The predicted molar refractivity (Wildman–Crippen MR) is 88.8 cm³/mol. The second kappa shape index (κ2) is 7.00. The lowest BCUT2D eigenvalue weighted by atomic mass is 9.81. The van der Waals surface area contributed by atoms with Crippen molar-refractivity contribution >= 4 is 5.91 Å². The zero-order valence-corrected chi connectivity index (χ0v) is 14.8. The molecule has 3 rings (SSSR count). The molecule has 1 aliphatic heterocycles. The van der Waals surface area contributed by atoms with Gasteiger partial charge in [-0.2, -0.15) is 5.26 Å². The quantitative estimate of drug-likeness (QED) is 0.772. The second-order valence-corrected chi connectivity index (χ2v) is 8.31. The van der Waals surface area contributed by atoms with E-state index in [0.29, 0.717) is 12.5 Å². The molecule has 3 fully saturated rings. The average molecular weight is 336 g/mol. The molecule has 0 aromatic heterocycles. The molecule has 4 nitrogen and oxygen atoms in total. The van der Waals surface area contributed by atoms with Gasteiger partial charge in [0.15, 0.2) is 0 Å². The maximum absolute atomic E-state index is 13.5. The van der Waals surface area contributed by atoms with Gasteiger partial charge in [0.05, 0.1) is 18.7 Å². The Balaban J connectivity index is 1.49. The monoisotopic (exact) mass is 336 g/mol. The van der Waals surface area contributed by atoms with Crippen LogP contribution in [0.4, 0.5) is 4.39 Å². The van der Waals surface area contributed by atoms with Crippen molar-refractivity contribution in [2.45, 2.75) is 77.1 Å². The van der Waals surface area contributed by atoms with Crippen LogP contribution in [0.25, 0.3) is 0 Å². The number of ether oxygens (including phenoxy) is 1. The summed E-state index contributed by atoms with van der Waals surface area (Å²) in [5.74, 6) is 1.42. The SMILES string of the molecule is CCOC1C[C@@H]2CC(C)(CCC(=O)N3C[C@@H](F)C[C@H]3C#N)C[C@@H]2C1. The minimum atomic E-state index is -1.05. The Kier molecular flexibility index (Phi) is 5.15. The molecule has 0 spiro atoms. The molecular weight excluding hydrogens is 307 g/mol. The Morgan fingerprint density at radius 3 is 2.58 bits per heavy atom. The van der Waals surface area contributed by atoms with Crippen LogP contribution < -0.4 is 0 Å². The van der Waals surface area contributed by atoms with E-state index in [1.54, 1.807) is 0 Å².